The molecule has 1 aromatic carbocycles. The molecule has 0 atom stereocenters. The molecule has 0 aliphatic carbocycles. The summed E-state index contributed by atoms with van der Waals surface area (Å²) in [5.74, 6) is 0.496. The van der Waals surface area contributed by atoms with E-state index in [0.717, 1.165) is 52.0 Å². The number of anilines is 1. The van der Waals surface area contributed by atoms with Gasteiger partial charge in [0.2, 0.25) is 0 Å². The normalized spacial score (nSPS) is 15.8. The van der Waals surface area contributed by atoms with Crippen molar-refractivity contribution in [2.75, 3.05) is 38.5 Å². The standard InChI is InChI=1S/C20H26N4O/c21-19-10-9-18(16-22-19)20(25)24-13-5-12-23(14-15-24)11-4-8-17-6-2-1-3-7-17/h1-3,6-7,9-10,16H,4-5,8,11-15H2,(H2,21,22). The van der Waals surface area contributed by atoms with Gasteiger partial charge in [-0.1, -0.05) is 30.3 Å². The largest absolute Gasteiger partial charge is 0.384 e. The maximum Gasteiger partial charge on any atom is 0.255 e. The summed E-state index contributed by atoms with van der Waals surface area (Å²) in [5.41, 5.74) is 7.61. The fourth-order valence-corrected chi connectivity index (χ4v) is 3.26. The van der Waals surface area contributed by atoms with Crippen LogP contribution in [0.3, 0.4) is 0 Å². The minimum Gasteiger partial charge on any atom is -0.384 e. The predicted molar refractivity (Wildman–Crippen MR) is 100 cm³/mol. The lowest BCUT2D eigenvalue weighted by Crippen LogP contribution is -2.35. The molecule has 5 heteroatoms. The molecule has 0 radical (unpaired) electrons. The van der Waals surface area contributed by atoms with Crippen molar-refractivity contribution in [3.63, 3.8) is 0 Å². The summed E-state index contributed by atoms with van der Waals surface area (Å²) in [5, 5.41) is 0. The molecule has 0 spiro atoms. The molecule has 0 bridgehead atoms. The molecule has 2 N–H and O–H groups in total. The molecule has 0 saturated carbocycles. The number of hydrogen-bond acceptors (Lipinski definition) is 4. The first kappa shape index (κ1) is 17.4. The zero-order valence-electron chi connectivity index (χ0n) is 14.6. The molecule has 1 saturated heterocycles. The van der Waals surface area contributed by atoms with Crippen LogP contribution in [0, 0.1) is 0 Å². The number of nitrogens with zero attached hydrogens (tertiary/aromatic N) is 3. The summed E-state index contributed by atoms with van der Waals surface area (Å²) >= 11 is 0. The molecular weight excluding hydrogens is 312 g/mol. The van der Waals surface area contributed by atoms with Gasteiger partial charge in [-0.25, -0.2) is 4.98 Å². The van der Waals surface area contributed by atoms with Gasteiger partial charge in [0.25, 0.3) is 5.91 Å². The number of benzene rings is 1. The molecule has 3 rings (SSSR count). The number of carbonyl (C=O) groups excluding carboxylic acids is 1. The minimum atomic E-state index is 0.0543. The second kappa shape index (κ2) is 8.62. The van der Waals surface area contributed by atoms with Crippen molar-refractivity contribution in [3.05, 3.63) is 59.8 Å². The van der Waals surface area contributed by atoms with E-state index in [4.69, 9.17) is 5.73 Å². The van der Waals surface area contributed by atoms with Gasteiger partial charge in [-0.2, -0.15) is 0 Å². The van der Waals surface area contributed by atoms with Crippen molar-refractivity contribution in [1.82, 2.24) is 14.8 Å². The third kappa shape index (κ3) is 5.03. The smallest absolute Gasteiger partial charge is 0.255 e. The Morgan fingerprint density at radius 3 is 2.64 bits per heavy atom. The number of hydrogen-bond donors (Lipinski definition) is 1. The van der Waals surface area contributed by atoms with Gasteiger partial charge < -0.3 is 15.5 Å². The van der Waals surface area contributed by atoms with Crippen LogP contribution in [-0.2, 0) is 6.42 Å². The molecule has 2 aromatic rings. The molecule has 1 aliphatic heterocycles. The van der Waals surface area contributed by atoms with Crippen LogP contribution in [-0.4, -0.2) is 53.4 Å². The van der Waals surface area contributed by atoms with Crippen molar-refractivity contribution >= 4 is 11.7 Å². The highest BCUT2D eigenvalue weighted by Crippen LogP contribution is 2.11. The SMILES string of the molecule is Nc1ccc(C(=O)N2CCCN(CCCc3ccccc3)CC2)cn1. The van der Waals surface area contributed by atoms with E-state index >= 15 is 0 Å². The molecule has 2 heterocycles. The van der Waals surface area contributed by atoms with Gasteiger partial charge in [-0.15, -0.1) is 0 Å². The van der Waals surface area contributed by atoms with Gasteiger partial charge in [0.15, 0.2) is 0 Å². The predicted octanol–water partition coefficient (Wildman–Crippen LogP) is 2.44. The summed E-state index contributed by atoms with van der Waals surface area (Å²) in [6.07, 6.45) is 4.84. The number of rotatable bonds is 5. The highest BCUT2D eigenvalue weighted by atomic mass is 16.2. The molecule has 25 heavy (non-hydrogen) atoms. The zero-order chi connectivity index (χ0) is 17.5. The lowest BCUT2D eigenvalue weighted by atomic mass is 10.1. The second-order valence-electron chi connectivity index (χ2n) is 6.55. The summed E-state index contributed by atoms with van der Waals surface area (Å²) in [6, 6.07) is 14.1. The van der Waals surface area contributed by atoms with E-state index in [9.17, 15) is 4.79 Å². The lowest BCUT2D eigenvalue weighted by molar-refractivity contribution is 0.0761. The first-order valence-corrected chi connectivity index (χ1v) is 8.99. The van der Waals surface area contributed by atoms with E-state index in [-0.39, 0.29) is 5.91 Å². The molecule has 1 fully saturated rings. The lowest BCUT2D eigenvalue weighted by Gasteiger charge is -2.22. The van der Waals surface area contributed by atoms with Gasteiger partial charge in [-0.3, -0.25) is 4.79 Å². The van der Waals surface area contributed by atoms with Crippen molar-refractivity contribution < 1.29 is 4.79 Å². The number of nitrogens with two attached hydrogens (primary N) is 1. The van der Waals surface area contributed by atoms with Crippen LogP contribution < -0.4 is 5.73 Å². The number of carbonyl (C=O) groups is 1. The molecule has 1 aliphatic rings. The van der Waals surface area contributed by atoms with Crippen molar-refractivity contribution in [2.24, 2.45) is 0 Å². The molecule has 132 valence electrons. The van der Waals surface area contributed by atoms with Crippen molar-refractivity contribution in [1.29, 1.82) is 0 Å². The molecule has 1 aromatic heterocycles. The average molecular weight is 338 g/mol. The molecule has 1 amide bonds. The van der Waals surface area contributed by atoms with Crippen LogP contribution in [0.5, 0.6) is 0 Å². The van der Waals surface area contributed by atoms with Gasteiger partial charge in [-0.05, 0) is 50.0 Å². The summed E-state index contributed by atoms with van der Waals surface area (Å²) in [6.45, 7) is 4.65. The Kier molecular flexibility index (Phi) is 6.01. The first-order chi connectivity index (χ1) is 12.2. The fourth-order valence-electron chi connectivity index (χ4n) is 3.26. The van der Waals surface area contributed by atoms with Gasteiger partial charge in [0.1, 0.15) is 5.82 Å². The topological polar surface area (TPSA) is 62.5 Å². The highest BCUT2D eigenvalue weighted by molar-refractivity contribution is 5.94. The van der Waals surface area contributed by atoms with E-state index in [1.165, 1.54) is 5.56 Å². The Labute approximate surface area is 149 Å². The van der Waals surface area contributed by atoms with Gasteiger partial charge in [0, 0.05) is 25.8 Å². The van der Waals surface area contributed by atoms with E-state index in [1.807, 2.05) is 4.90 Å². The number of pyridine rings is 1. The zero-order valence-corrected chi connectivity index (χ0v) is 14.6. The van der Waals surface area contributed by atoms with E-state index in [0.29, 0.717) is 11.4 Å². The Morgan fingerprint density at radius 2 is 1.88 bits per heavy atom. The number of aryl methyl sites for hydroxylation is 1. The van der Waals surface area contributed by atoms with Crippen LogP contribution in [0.2, 0.25) is 0 Å². The quantitative estimate of drug-likeness (QED) is 0.909. The third-order valence-electron chi connectivity index (χ3n) is 4.69. The molecular formula is C20H26N4O. The Morgan fingerprint density at radius 1 is 1.04 bits per heavy atom. The maximum absolute atomic E-state index is 12.6. The average Bonchev–Trinajstić information content (AvgIpc) is 2.88. The monoisotopic (exact) mass is 338 g/mol. The van der Waals surface area contributed by atoms with Crippen LogP contribution >= 0.6 is 0 Å². The maximum atomic E-state index is 12.6. The second-order valence-corrected chi connectivity index (χ2v) is 6.55. The summed E-state index contributed by atoms with van der Waals surface area (Å²) in [7, 11) is 0. The molecule has 0 unspecified atom stereocenters. The highest BCUT2D eigenvalue weighted by Gasteiger charge is 2.20. The minimum absolute atomic E-state index is 0.0543. The van der Waals surface area contributed by atoms with E-state index in [2.05, 4.69) is 40.2 Å². The van der Waals surface area contributed by atoms with Crippen LogP contribution in [0.25, 0.3) is 0 Å². The Hall–Kier alpha value is -2.40. The summed E-state index contributed by atoms with van der Waals surface area (Å²) < 4.78 is 0. The number of aromatic nitrogens is 1. The van der Waals surface area contributed by atoms with E-state index < -0.39 is 0 Å². The van der Waals surface area contributed by atoms with Crippen LogP contribution in [0.15, 0.2) is 48.7 Å². The first-order valence-electron chi connectivity index (χ1n) is 8.99. The van der Waals surface area contributed by atoms with Crippen LogP contribution in [0.1, 0.15) is 28.8 Å². The van der Waals surface area contributed by atoms with Crippen molar-refractivity contribution in [3.8, 4) is 0 Å². The van der Waals surface area contributed by atoms with Gasteiger partial charge in [0.05, 0.1) is 5.56 Å². The van der Waals surface area contributed by atoms with Crippen molar-refractivity contribution in [2.45, 2.75) is 19.3 Å². The van der Waals surface area contributed by atoms with Gasteiger partial charge >= 0.3 is 0 Å². The number of amides is 1. The number of nitrogen functional groups attached to an aromatic ring is 1. The van der Waals surface area contributed by atoms with Crippen LogP contribution in [0.4, 0.5) is 5.82 Å². The van der Waals surface area contributed by atoms with E-state index in [1.54, 1.807) is 18.3 Å². The molecule has 5 nitrogen and oxygen atoms in total. The Balaban J connectivity index is 1.47. The fraction of sp³-hybridized carbons (Fsp3) is 0.400. The Bertz CT molecular complexity index is 672. The third-order valence-corrected chi connectivity index (χ3v) is 4.69. The summed E-state index contributed by atoms with van der Waals surface area (Å²) in [4.78, 5) is 21.0.